The van der Waals surface area contributed by atoms with E-state index in [0.29, 0.717) is 0 Å². The average molecular weight is 438 g/mol. The number of rotatable bonds is 6. The molecular weight excluding hydrogens is 422 g/mol. The van der Waals surface area contributed by atoms with Crippen molar-refractivity contribution in [3.8, 4) is 0 Å². The Morgan fingerprint density at radius 3 is 2.28 bits per heavy atom. The Morgan fingerprint density at radius 2 is 1.76 bits per heavy atom. The van der Waals surface area contributed by atoms with Gasteiger partial charge in [-0.15, -0.1) is 0 Å². The number of alkyl halides is 6. The van der Waals surface area contributed by atoms with E-state index in [1.165, 1.54) is 6.07 Å². The third-order valence-electron chi connectivity index (χ3n) is 3.95. The number of pyridine rings is 1. The van der Waals surface area contributed by atoms with Gasteiger partial charge in [0.15, 0.2) is 0 Å². The van der Waals surface area contributed by atoms with Gasteiger partial charge in [-0.2, -0.15) is 26.3 Å². The molecule has 0 aliphatic rings. The normalized spacial score (nSPS) is 14.3. The second-order valence-corrected chi connectivity index (χ2v) is 7.01. The monoisotopic (exact) mass is 438 g/mol. The highest BCUT2D eigenvalue weighted by Crippen LogP contribution is 2.37. The molecule has 0 saturated carbocycles. The molecule has 0 bridgehead atoms. The molecule has 29 heavy (non-hydrogen) atoms. The largest absolute Gasteiger partial charge is 0.447 e. The fourth-order valence-corrected chi connectivity index (χ4v) is 3.11. The maximum Gasteiger partial charge on any atom is 0.447 e. The van der Waals surface area contributed by atoms with E-state index >= 15 is 0 Å². The van der Waals surface area contributed by atoms with E-state index in [1.807, 2.05) is 0 Å². The number of carbonyl (C=O) groups excluding carboxylic acids is 1. The second-order valence-electron chi connectivity index (χ2n) is 5.96. The minimum Gasteiger partial charge on any atom is -0.386 e. The molecule has 0 radical (unpaired) electrons. The Balaban J connectivity index is 2.18. The van der Waals surface area contributed by atoms with Gasteiger partial charge in [-0.1, -0.05) is 19.1 Å². The van der Waals surface area contributed by atoms with Crippen molar-refractivity contribution in [2.75, 3.05) is 0 Å². The Labute approximate surface area is 166 Å². The van der Waals surface area contributed by atoms with Crippen LogP contribution >= 0.6 is 11.8 Å². The average Bonchev–Trinajstić information content (AvgIpc) is 2.64. The van der Waals surface area contributed by atoms with Crippen molar-refractivity contribution in [3.05, 3.63) is 59.3 Å². The zero-order valence-electron chi connectivity index (χ0n) is 14.9. The summed E-state index contributed by atoms with van der Waals surface area (Å²) in [4.78, 5) is 16.0. The molecule has 0 aliphatic heterocycles. The molecular formula is C18H16F6N2O2S. The molecule has 0 aliphatic carbocycles. The molecule has 0 spiro atoms. The lowest BCUT2D eigenvalue weighted by molar-refractivity contribution is -0.137. The number of nitrogens with one attached hydrogen (secondary N) is 1. The lowest BCUT2D eigenvalue weighted by Crippen LogP contribution is -2.39. The lowest BCUT2D eigenvalue weighted by Gasteiger charge is -2.24. The van der Waals surface area contributed by atoms with Crippen molar-refractivity contribution < 1.29 is 36.2 Å². The quantitative estimate of drug-likeness (QED) is 0.495. The number of nitrogens with zero attached hydrogens (tertiary/aromatic N) is 1. The van der Waals surface area contributed by atoms with Gasteiger partial charge in [0.1, 0.15) is 5.03 Å². The van der Waals surface area contributed by atoms with Crippen LogP contribution in [0, 0.1) is 0 Å². The smallest absolute Gasteiger partial charge is 0.386 e. The number of amides is 1. The SMILES string of the molecule is CC[C@H](NC(=O)c1cccnc1SC(F)(F)F)[C@@H](O)c1ccc(C(F)(F)F)cc1. The predicted octanol–water partition coefficient (Wildman–Crippen LogP) is 4.95. The fourth-order valence-electron chi connectivity index (χ4n) is 2.51. The first kappa shape index (κ1) is 23.0. The predicted molar refractivity (Wildman–Crippen MR) is 94.1 cm³/mol. The molecule has 0 unspecified atom stereocenters. The molecule has 0 fully saturated rings. The molecule has 2 atom stereocenters. The van der Waals surface area contributed by atoms with Crippen LogP contribution in [0.3, 0.4) is 0 Å². The van der Waals surface area contributed by atoms with Gasteiger partial charge in [0.2, 0.25) is 0 Å². The van der Waals surface area contributed by atoms with Crippen molar-refractivity contribution in [2.45, 2.75) is 42.2 Å². The topological polar surface area (TPSA) is 62.2 Å². The molecule has 1 aromatic carbocycles. The number of hydrogen-bond acceptors (Lipinski definition) is 4. The number of aliphatic hydroxyl groups excluding tert-OH is 1. The zero-order valence-corrected chi connectivity index (χ0v) is 15.7. The highest BCUT2D eigenvalue weighted by molar-refractivity contribution is 8.00. The zero-order chi connectivity index (χ0) is 21.8. The summed E-state index contributed by atoms with van der Waals surface area (Å²) in [7, 11) is 0. The Morgan fingerprint density at radius 1 is 1.14 bits per heavy atom. The van der Waals surface area contributed by atoms with Crippen LogP contribution in [0.5, 0.6) is 0 Å². The maximum absolute atomic E-state index is 12.7. The molecule has 1 aromatic heterocycles. The highest BCUT2D eigenvalue weighted by atomic mass is 32.2. The molecule has 2 N–H and O–H groups in total. The molecule has 2 aromatic rings. The Hall–Kier alpha value is -2.27. The summed E-state index contributed by atoms with van der Waals surface area (Å²) in [5.41, 5.74) is -5.74. The van der Waals surface area contributed by atoms with E-state index in [-0.39, 0.29) is 17.5 Å². The first-order valence-electron chi connectivity index (χ1n) is 8.29. The first-order valence-corrected chi connectivity index (χ1v) is 9.11. The number of aliphatic hydroxyl groups is 1. The van der Waals surface area contributed by atoms with Gasteiger partial charge in [0.05, 0.1) is 23.3 Å². The lowest BCUT2D eigenvalue weighted by atomic mass is 9.98. The van der Waals surface area contributed by atoms with Gasteiger partial charge in [0.25, 0.3) is 5.91 Å². The highest BCUT2D eigenvalue weighted by Gasteiger charge is 2.33. The summed E-state index contributed by atoms with van der Waals surface area (Å²) in [6.07, 6.45) is -4.61. The fraction of sp³-hybridized carbons (Fsp3) is 0.333. The van der Waals surface area contributed by atoms with Crippen LogP contribution in [-0.2, 0) is 6.18 Å². The van der Waals surface area contributed by atoms with E-state index in [4.69, 9.17) is 0 Å². The van der Waals surface area contributed by atoms with Gasteiger partial charge in [0, 0.05) is 18.0 Å². The van der Waals surface area contributed by atoms with Crippen LogP contribution in [0.15, 0.2) is 47.6 Å². The Bertz CT molecular complexity index is 839. The number of carbonyl (C=O) groups is 1. The van der Waals surface area contributed by atoms with Crippen LogP contribution in [0.4, 0.5) is 26.3 Å². The van der Waals surface area contributed by atoms with Crippen LogP contribution in [0.25, 0.3) is 0 Å². The third kappa shape index (κ3) is 6.36. The first-order chi connectivity index (χ1) is 13.4. The molecule has 0 saturated heterocycles. The van der Waals surface area contributed by atoms with Crippen LogP contribution in [0.1, 0.15) is 40.9 Å². The van der Waals surface area contributed by atoms with Crippen LogP contribution < -0.4 is 5.32 Å². The summed E-state index contributed by atoms with van der Waals surface area (Å²) >= 11 is -0.542. The molecule has 4 nitrogen and oxygen atoms in total. The van der Waals surface area contributed by atoms with Crippen LogP contribution in [-0.4, -0.2) is 27.5 Å². The van der Waals surface area contributed by atoms with Crippen molar-refractivity contribution in [2.24, 2.45) is 0 Å². The third-order valence-corrected chi connectivity index (χ3v) is 4.70. The molecule has 1 amide bonds. The standard InChI is InChI=1S/C18H16F6N2O2S/c1-2-13(14(27)10-5-7-11(8-6-10)17(19,20)21)26-15(28)12-4-3-9-25-16(12)29-18(22,23)24/h3-9,13-14,27H,2H2,1H3,(H,26,28)/t13-,14-/m0/s1. The minimum atomic E-state index is -4.65. The second kappa shape index (κ2) is 9.04. The van der Waals surface area contributed by atoms with Gasteiger partial charge in [-0.3, -0.25) is 4.79 Å². The Kier molecular flexibility index (Phi) is 7.17. The molecule has 158 valence electrons. The van der Waals surface area contributed by atoms with Crippen LogP contribution in [0.2, 0.25) is 0 Å². The van der Waals surface area contributed by atoms with Crippen molar-refractivity contribution in [1.82, 2.24) is 10.3 Å². The maximum atomic E-state index is 12.7. The number of thioether (sulfide) groups is 1. The van der Waals surface area contributed by atoms with Gasteiger partial charge >= 0.3 is 11.7 Å². The molecule has 11 heteroatoms. The summed E-state index contributed by atoms with van der Waals surface area (Å²) < 4.78 is 75.9. The molecule has 2 rings (SSSR count). The van der Waals surface area contributed by atoms with Gasteiger partial charge in [-0.25, -0.2) is 4.98 Å². The van der Waals surface area contributed by atoms with E-state index in [0.717, 1.165) is 36.5 Å². The van der Waals surface area contributed by atoms with Crippen molar-refractivity contribution >= 4 is 17.7 Å². The van der Waals surface area contributed by atoms with E-state index in [1.54, 1.807) is 6.92 Å². The van der Waals surface area contributed by atoms with Crippen molar-refractivity contribution in [3.63, 3.8) is 0 Å². The van der Waals surface area contributed by atoms with Gasteiger partial charge < -0.3 is 10.4 Å². The number of halogens is 6. The minimum absolute atomic E-state index is 0.126. The molecule has 1 heterocycles. The number of hydrogen-bond donors (Lipinski definition) is 2. The summed E-state index contributed by atoms with van der Waals surface area (Å²) in [6.45, 7) is 1.60. The van der Waals surface area contributed by atoms with E-state index in [2.05, 4.69) is 10.3 Å². The summed E-state index contributed by atoms with van der Waals surface area (Å²) in [5.74, 6) is -0.886. The number of benzene rings is 1. The summed E-state index contributed by atoms with van der Waals surface area (Å²) in [6, 6.07) is 5.27. The van der Waals surface area contributed by atoms with Crippen molar-refractivity contribution in [1.29, 1.82) is 0 Å². The van der Waals surface area contributed by atoms with Gasteiger partial charge in [-0.05, 0) is 36.2 Å². The number of aromatic nitrogens is 1. The summed E-state index contributed by atoms with van der Waals surface area (Å²) in [5, 5.41) is 12.3. The van der Waals surface area contributed by atoms with E-state index < -0.39 is 52.1 Å². The van der Waals surface area contributed by atoms with E-state index in [9.17, 15) is 36.2 Å².